The molecule has 2 heteroatoms. The molecule has 0 aliphatic carbocycles. The van der Waals surface area contributed by atoms with Crippen LogP contribution in [-0.4, -0.2) is 6.29 Å². The Morgan fingerprint density at radius 1 is 1.33 bits per heavy atom. The Bertz CT molecular complexity index is 172. The van der Waals surface area contributed by atoms with Gasteiger partial charge in [-0.25, -0.2) is 0 Å². The smallest absolute Gasteiger partial charge is 0.300 e. The molecule has 0 spiro atoms. The van der Waals surface area contributed by atoms with E-state index in [1.807, 2.05) is 0 Å². The van der Waals surface area contributed by atoms with Crippen LogP contribution >= 0.6 is 0 Å². The summed E-state index contributed by atoms with van der Waals surface area (Å²) in [6.07, 6.45) is 0.813. The van der Waals surface area contributed by atoms with Crippen molar-refractivity contribution in [1.29, 1.82) is 0 Å². The molecule has 0 amide bonds. The molecule has 0 aliphatic heterocycles. The average Bonchev–Trinajstić information content (AvgIpc) is 1.90. The fraction of sp³-hybridized carbons (Fsp3) is 0. The van der Waals surface area contributed by atoms with Gasteiger partial charge in [-0.3, -0.25) is 0 Å². The Kier molecular flexibility index (Phi) is 5.90. The topological polar surface area (TPSA) is 17.1 Å². The van der Waals surface area contributed by atoms with E-state index >= 15 is 0 Å². The Morgan fingerprint density at radius 2 is 1.89 bits per heavy atom. The van der Waals surface area contributed by atoms with Crippen LogP contribution in [0.3, 0.4) is 0 Å². The van der Waals surface area contributed by atoms with Gasteiger partial charge in [-0.1, -0.05) is 5.56 Å². The van der Waals surface area contributed by atoms with Gasteiger partial charge in [-0.05, 0) is 0 Å². The van der Waals surface area contributed by atoms with Crippen molar-refractivity contribution >= 4 is 6.29 Å². The van der Waals surface area contributed by atoms with Gasteiger partial charge >= 0.3 is 58.2 Å². The van der Waals surface area contributed by atoms with E-state index < -0.39 is 0 Å². The molecule has 0 atom stereocenters. The van der Waals surface area contributed by atoms with Gasteiger partial charge in [-0.2, -0.15) is 30.3 Å². The zero-order chi connectivity index (χ0) is 5.82. The van der Waals surface area contributed by atoms with Crippen molar-refractivity contribution in [2.24, 2.45) is 0 Å². The van der Waals surface area contributed by atoms with Crippen LogP contribution in [0.5, 0.6) is 0 Å². The Hall–Kier alpha value is 0.695. The monoisotopic (exact) mass is 190 g/mol. The maximum atomic E-state index is 9.99. The van der Waals surface area contributed by atoms with Crippen LogP contribution in [-0.2, 0) is 0 Å². The number of aldehydes is 1. The molecule has 9 heavy (non-hydrogen) atoms. The molecule has 0 aromatic heterocycles. The molecule has 1 nitrogen and oxygen atoms in total. The third kappa shape index (κ3) is 3.41. The minimum absolute atomic E-state index is 0. The maximum Gasteiger partial charge on any atom is 1.00 e. The van der Waals surface area contributed by atoms with Crippen molar-refractivity contribution in [1.82, 2.24) is 0 Å². The van der Waals surface area contributed by atoms with E-state index in [1.165, 1.54) is 0 Å². The minimum atomic E-state index is 0. The molecular weight excluding hydrogens is 186 g/mol. The molecule has 0 saturated heterocycles. The normalized spacial score (nSPS) is 7.56. The molecule has 0 fully saturated rings. The first-order chi connectivity index (χ1) is 3.93. The maximum absolute atomic E-state index is 9.99. The summed E-state index contributed by atoms with van der Waals surface area (Å²) in [5.41, 5.74) is 0.698. The minimum Gasteiger partial charge on any atom is -0.300 e. The van der Waals surface area contributed by atoms with Gasteiger partial charge in [0.25, 0.3) is 0 Å². The third-order valence-electron chi connectivity index (χ3n) is 0.880. The van der Waals surface area contributed by atoms with E-state index in [0.29, 0.717) is 5.56 Å². The first-order valence-electron chi connectivity index (χ1n) is 2.35. The van der Waals surface area contributed by atoms with Gasteiger partial charge in [0.2, 0.25) is 0 Å². The quantitative estimate of drug-likeness (QED) is 0.381. The second kappa shape index (κ2) is 5.48. The number of carbonyl (C=O) groups is 1. The van der Waals surface area contributed by atoms with Crippen LogP contribution in [0, 0.1) is 6.07 Å². The predicted octanol–water partition coefficient (Wildman–Crippen LogP) is -1.70. The molecule has 1 aromatic carbocycles. The van der Waals surface area contributed by atoms with E-state index in [-0.39, 0.29) is 58.2 Å². The van der Waals surface area contributed by atoms with Gasteiger partial charge in [0, 0.05) is 0 Å². The van der Waals surface area contributed by atoms with Crippen LogP contribution in [0.4, 0.5) is 0 Å². The van der Waals surface area contributed by atoms with Crippen LogP contribution < -0.4 is 58.2 Å². The molecule has 0 heterocycles. The summed E-state index contributed by atoms with van der Waals surface area (Å²) < 4.78 is 0. The average molecular weight is 191 g/mol. The largest absolute Gasteiger partial charge is 1.00 e. The van der Waals surface area contributed by atoms with Crippen LogP contribution in [0.2, 0.25) is 0 Å². The molecule has 0 bridgehead atoms. The van der Waals surface area contributed by atoms with Crippen LogP contribution in [0.1, 0.15) is 10.4 Å². The third-order valence-corrected chi connectivity index (χ3v) is 0.880. The predicted molar refractivity (Wildman–Crippen MR) is 30.7 cm³/mol. The van der Waals surface area contributed by atoms with Crippen LogP contribution in [0.15, 0.2) is 24.3 Å². The fourth-order valence-electron chi connectivity index (χ4n) is 0.478. The van der Waals surface area contributed by atoms with E-state index in [0.717, 1.165) is 6.29 Å². The summed E-state index contributed by atoms with van der Waals surface area (Å²) >= 11 is 0. The van der Waals surface area contributed by atoms with Crippen molar-refractivity contribution in [3.8, 4) is 0 Å². The van der Waals surface area contributed by atoms with Crippen molar-refractivity contribution in [2.75, 3.05) is 0 Å². The second-order valence-corrected chi connectivity index (χ2v) is 1.45. The summed E-state index contributed by atoms with van der Waals surface area (Å²) in [4.78, 5) is 9.99. The van der Waals surface area contributed by atoms with Crippen molar-refractivity contribution < 1.29 is 63.0 Å². The number of rotatable bonds is 1. The van der Waals surface area contributed by atoms with E-state index in [9.17, 15) is 4.79 Å². The fourth-order valence-corrected chi connectivity index (χ4v) is 0.478. The number of hydrogen-bond acceptors (Lipinski definition) is 1. The van der Waals surface area contributed by atoms with Crippen molar-refractivity contribution in [3.63, 3.8) is 0 Å². The zero-order valence-corrected chi connectivity index (χ0v) is 10.2. The Morgan fingerprint density at radius 3 is 2.22 bits per heavy atom. The zero-order valence-electron chi connectivity index (χ0n) is 5.29. The van der Waals surface area contributed by atoms with Crippen molar-refractivity contribution in [2.45, 2.75) is 0 Å². The first-order valence-corrected chi connectivity index (χ1v) is 2.35. The molecule has 1 aromatic rings. The molecule has 40 valence electrons. The second-order valence-electron chi connectivity index (χ2n) is 1.45. The van der Waals surface area contributed by atoms with Gasteiger partial charge in [0.15, 0.2) is 0 Å². The molecule has 0 aliphatic rings. The molecule has 0 unspecified atom stereocenters. The Labute approximate surface area is 103 Å². The molecule has 0 saturated carbocycles. The van der Waals surface area contributed by atoms with Gasteiger partial charge in [0.1, 0.15) is 6.29 Å². The number of benzene rings is 1. The van der Waals surface area contributed by atoms with E-state index in [1.54, 1.807) is 24.3 Å². The standard InChI is InChI=1S/C7H5O.Rb/c8-6-7-4-2-1-3-5-7;/h2-6H;/q-1;+1. The molecule has 0 N–H and O–H groups in total. The summed E-state index contributed by atoms with van der Waals surface area (Å²) in [5, 5.41) is 0. The SMILES string of the molecule is O=Cc1cc[c-]cc1.[Rb+]. The van der Waals surface area contributed by atoms with E-state index in [4.69, 9.17) is 0 Å². The van der Waals surface area contributed by atoms with Crippen molar-refractivity contribution in [3.05, 3.63) is 35.9 Å². The summed E-state index contributed by atoms with van der Waals surface area (Å²) in [5.74, 6) is 0. The Balaban J connectivity index is 0.000000640. The van der Waals surface area contributed by atoms with E-state index in [2.05, 4.69) is 6.07 Å². The van der Waals surface area contributed by atoms with Gasteiger partial charge in [-0.15, -0.1) is 0 Å². The number of hydrogen-bond donors (Lipinski definition) is 0. The first kappa shape index (κ1) is 9.70. The summed E-state index contributed by atoms with van der Waals surface area (Å²) in [6, 6.07) is 9.66. The van der Waals surface area contributed by atoms with Gasteiger partial charge in [0.05, 0.1) is 0 Å². The summed E-state index contributed by atoms with van der Waals surface area (Å²) in [6.45, 7) is 0. The van der Waals surface area contributed by atoms with Gasteiger partial charge < -0.3 is 4.79 Å². The number of carbonyl (C=O) groups excluding carboxylic acids is 1. The summed E-state index contributed by atoms with van der Waals surface area (Å²) in [7, 11) is 0. The molecule has 0 radical (unpaired) electrons. The van der Waals surface area contributed by atoms with Crippen LogP contribution in [0.25, 0.3) is 0 Å². The molecule has 1 rings (SSSR count). The molecular formula is C7H5ORb.